The molecule has 3 rings (SSSR count). The molecule has 0 aliphatic carbocycles. The maximum Gasteiger partial charge on any atom is 0.387 e. The number of ether oxygens (including phenoxy) is 1. The van der Waals surface area contributed by atoms with E-state index in [1.54, 1.807) is 24.3 Å². The summed E-state index contributed by atoms with van der Waals surface area (Å²) >= 11 is 0. The van der Waals surface area contributed by atoms with E-state index in [1.807, 2.05) is 0 Å². The molecule has 0 saturated heterocycles. The first-order chi connectivity index (χ1) is 12.3. The van der Waals surface area contributed by atoms with Crippen molar-refractivity contribution in [2.45, 2.75) is 18.1 Å². The number of fused-ring (bicyclic) bond motifs is 1. The van der Waals surface area contributed by atoms with E-state index in [-0.39, 0.29) is 17.2 Å². The summed E-state index contributed by atoms with van der Waals surface area (Å²) in [6, 6.07) is 10.9. The van der Waals surface area contributed by atoms with Crippen molar-refractivity contribution in [1.82, 2.24) is 9.97 Å². The van der Waals surface area contributed by atoms with Gasteiger partial charge in [-0.2, -0.15) is 8.78 Å². The van der Waals surface area contributed by atoms with E-state index in [0.29, 0.717) is 22.3 Å². The summed E-state index contributed by atoms with van der Waals surface area (Å²) in [6.45, 7) is -2.76. The lowest BCUT2D eigenvalue weighted by molar-refractivity contribution is -0.0504. The van der Waals surface area contributed by atoms with Crippen LogP contribution in [0, 0.1) is 0 Å². The van der Waals surface area contributed by atoms with Crippen molar-refractivity contribution >= 4 is 26.6 Å². The van der Waals surface area contributed by atoms with Crippen LogP contribution in [0.25, 0.3) is 10.9 Å². The molecule has 0 unspecified atom stereocenters. The zero-order valence-electron chi connectivity index (χ0n) is 13.7. The molecule has 1 aromatic heterocycles. The van der Waals surface area contributed by atoms with Crippen LogP contribution in [0.4, 0.5) is 14.6 Å². The largest absolute Gasteiger partial charge is 0.434 e. The Labute approximate surface area is 148 Å². The second-order valence-corrected chi connectivity index (χ2v) is 7.53. The molecule has 2 aromatic carbocycles. The summed E-state index contributed by atoms with van der Waals surface area (Å²) in [7, 11) is -3.39. The van der Waals surface area contributed by atoms with E-state index in [1.165, 1.54) is 24.5 Å². The second-order valence-electron chi connectivity index (χ2n) is 5.51. The van der Waals surface area contributed by atoms with Crippen LogP contribution < -0.4 is 10.1 Å². The SMILES string of the molecule is CS(=O)(=O)c1ccc2ncnc(NCc3ccccc3OC(F)F)c2c1. The van der Waals surface area contributed by atoms with Crippen LogP contribution in [-0.4, -0.2) is 31.3 Å². The van der Waals surface area contributed by atoms with Crippen LogP contribution in [0.1, 0.15) is 5.56 Å². The number of para-hydroxylation sites is 1. The smallest absolute Gasteiger partial charge is 0.387 e. The van der Waals surface area contributed by atoms with Crippen LogP contribution in [0.5, 0.6) is 5.75 Å². The molecule has 1 N–H and O–H groups in total. The van der Waals surface area contributed by atoms with Crippen LogP contribution in [-0.2, 0) is 16.4 Å². The topological polar surface area (TPSA) is 81.2 Å². The molecular weight excluding hydrogens is 364 g/mol. The fourth-order valence-electron chi connectivity index (χ4n) is 2.45. The number of halogens is 2. The number of aromatic nitrogens is 2. The maximum absolute atomic E-state index is 12.5. The summed E-state index contributed by atoms with van der Waals surface area (Å²) in [6.07, 6.45) is 2.45. The van der Waals surface area contributed by atoms with Crippen LogP contribution in [0.3, 0.4) is 0 Å². The van der Waals surface area contributed by atoms with Crippen LogP contribution in [0.15, 0.2) is 53.7 Å². The van der Waals surface area contributed by atoms with Gasteiger partial charge in [0.1, 0.15) is 17.9 Å². The molecule has 9 heteroatoms. The molecule has 3 aromatic rings. The Morgan fingerprint density at radius 1 is 1.15 bits per heavy atom. The Morgan fingerprint density at radius 3 is 2.65 bits per heavy atom. The molecule has 26 heavy (non-hydrogen) atoms. The third kappa shape index (κ3) is 4.05. The van der Waals surface area contributed by atoms with Crippen molar-refractivity contribution in [3.8, 4) is 5.75 Å². The number of benzene rings is 2. The number of rotatable bonds is 6. The molecule has 0 fully saturated rings. The number of anilines is 1. The van der Waals surface area contributed by atoms with Gasteiger partial charge in [-0.1, -0.05) is 18.2 Å². The van der Waals surface area contributed by atoms with Crippen molar-refractivity contribution in [1.29, 1.82) is 0 Å². The van der Waals surface area contributed by atoms with Gasteiger partial charge in [-0.3, -0.25) is 0 Å². The first kappa shape index (κ1) is 18.0. The van der Waals surface area contributed by atoms with Gasteiger partial charge in [0.25, 0.3) is 0 Å². The fourth-order valence-corrected chi connectivity index (χ4v) is 3.09. The second kappa shape index (κ2) is 7.20. The average molecular weight is 379 g/mol. The van der Waals surface area contributed by atoms with Gasteiger partial charge >= 0.3 is 6.61 Å². The Morgan fingerprint density at radius 2 is 1.92 bits per heavy atom. The van der Waals surface area contributed by atoms with E-state index in [4.69, 9.17) is 0 Å². The van der Waals surface area contributed by atoms with E-state index >= 15 is 0 Å². The molecule has 6 nitrogen and oxygen atoms in total. The van der Waals surface area contributed by atoms with E-state index in [2.05, 4.69) is 20.0 Å². The third-order valence-corrected chi connectivity index (χ3v) is 4.78. The molecule has 0 saturated carbocycles. The highest BCUT2D eigenvalue weighted by atomic mass is 32.2. The molecule has 1 heterocycles. The lowest BCUT2D eigenvalue weighted by Crippen LogP contribution is -2.08. The van der Waals surface area contributed by atoms with Crippen molar-refractivity contribution in [2.24, 2.45) is 0 Å². The summed E-state index contributed by atoms with van der Waals surface area (Å²) in [5, 5.41) is 3.54. The summed E-state index contributed by atoms with van der Waals surface area (Å²) in [4.78, 5) is 8.38. The molecular formula is C17H15F2N3O3S. The summed E-state index contributed by atoms with van der Waals surface area (Å²) in [5.41, 5.74) is 1.07. The molecule has 0 atom stereocenters. The molecule has 0 aliphatic heterocycles. The van der Waals surface area contributed by atoms with E-state index < -0.39 is 16.4 Å². The quantitative estimate of drug-likeness (QED) is 0.708. The minimum absolute atomic E-state index is 0.0604. The first-order valence-electron chi connectivity index (χ1n) is 7.56. The van der Waals surface area contributed by atoms with Crippen LogP contribution >= 0.6 is 0 Å². The molecule has 0 amide bonds. The minimum Gasteiger partial charge on any atom is -0.434 e. The van der Waals surface area contributed by atoms with Crippen LogP contribution in [0.2, 0.25) is 0 Å². The molecule has 0 bridgehead atoms. The Bertz CT molecular complexity index is 1040. The first-order valence-corrected chi connectivity index (χ1v) is 9.45. The standard InChI is InChI=1S/C17H15F2N3O3S/c1-26(23,24)12-6-7-14-13(8-12)16(22-10-21-14)20-9-11-4-2-3-5-15(11)25-17(18)19/h2-8,10,17H,9H2,1H3,(H,20,21,22). The maximum atomic E-state index is 12.5. The van der Waals surface area contributed by atoms with Crippen molar-refractivity contribution in [3.05, 3.63) is 54.4 Å². The lowest BCUT2D eigenvalue weighted by Gasteiger charge is -2.13. The minimum atomic E-state index is -3.39. The number of nitrogens with zero attached hydrogens (tertiary/aromatic N) is 2. The Hall–Kier alpha value is -2.81. The van der Waals surface area contributed by atoms with Gasteiger partial charge in [-0.15, -0.1) is 0 Å². The van der Waals surface area contributed by atoms with E-state index in [0.717, 1.165) is 6.26 Å². The van der Waals surface area contributed by atoms with Gasteiger partial charge in [0.15, 0.2) is 9.84 Å². The zero-order chi connectivity index (χ0) is 18.7. The normalized spacial score (nSPS) is 11.7. The Kier molecular flexibility index (Phi) is 4.99. The monoisotopic (exact) mass is 379 g/mol. The number of sulfone groups is 1. The third-order valence-electron chi connectivity index (χ3n) is 3.67. The zero-order valence-corrected chi connectivity index (χ0v) is 14.5. The van der Waals surface area contributed by atoms with E-state index in [9.17, 15) is 17.2 Å². The van der Waals surface area contributed by atoms with Gasteiger partial charge in [-0.25, -0.2) is 18.4 Å². The fraction of sp³-hybridized carbons (Fsp3) is 0.176. The molecule has 0 spiro atoms. The molecule has 0 radical (unpaired) electrons. The Balaban J connectivity index is 1.92. The van der Waals surface area contributed by atoms with Gasteiger partial charge in [0.2, 0.25) is 0 Å². The summed E-state index contributed by atoms with van der Waals surface area (Å²) in [5.74, 6) is 0.456. The van der Waals surface area contributed by atoms with Gasteiger partial charge < -0.3 is 10.1 Å². The van der Waals surface area contributed by atoms with Crippen molar-refractivity contribution in [2.75, 3.05) is 11.6 Å². The van der Waals surface area contributed by atoms with Crippen molar-refractivity contribution < 1.29 is 21.9 Å². The van der Waals surface area contributed by atoms with Crippen molar-refractivity contribution in [3.63, 3.8) is 0 Å². The number of hydrogen-bond donors (Lipinski definition) is 1. The highest BCUT2D eigenvalue weighted by Crippen LogP contribution is 2.25. The lowest BCUT2D eigenvalue weighted by atomic mass is 10.2. The number of alkyl halides is 2. The highest BCUT2D eigenvalue weighted by Gasteiger charge is 2.12. The average Bonchev–Trinajstić information content (AvgIpc) is 2.59. The molecule has 136 valence electrons. The predicted octanol–water partition coefficient (Wildman–Crippen LogP) is 3.25. The molecule has 0 aliphatic rings. The van der Waals surface area contributed by atoms with Gasteiger partial charge in [0, 0.05) is 23.8 Å². The highest BCUT2D eigenvalue weighted by molar-refractivity contribution is 7.90. The number of nitrogens with one attached hydrogen (secondary N) is 1. The summed E-state index contributed by atoms with van der Waals surface area (Å²) < 4.78 is 53.0. The predicted molar refractivity (Wildman–Crippen MR) is 93.0 cm³/mol. The number of hydrogen-bond acceptors (Lipinski definition) is 6. The van der Waals surface area contributed by atoms with Gasteiger partial charge in [0.05, 0.1) is 10.4 Å². The van der Waals surface area contributed by atoms with Gasteiger partial charge in [-0.05, 0) is 24.3 Å².